The number of ether oxygens (including phenoxy) is 1. The van der Waals surface area contributed by atoms with E-state index < -0.39 is 24.0 Å². The van der Waals surface area contributed by atoms with Crippen LogP contribution < -0.4 is 11.1 Å². The number of carbonyl (C=O) groups excluding carboxylic acids is 3. The summed E-state index contributed by atoms with van der Waals surface area (Å²) in [5.74, 6) is -1.51. The Bertz CT molecular complexity index is 557. The van der Waals surface area contributed by atoms with Gasteiger partial charge in [-0.05, 0) is 30.7 Å². The number of hydrogen-bond donors (Lipinski definition) is 2. The summed E-state index contributed by atoms with van der Waals surface area (Å²) < 4.78 is 4.79. The highest BCUT2D eigenvalue weighted by Gasteiger charge is 2.17. The Morgan fingerprint density at radius 3 is 2.70 bits per heavy atom. The molecule has 7 heteroatoms. The first-order valence-corrected chi connectivity index (χ1v) is 6.01. The number of imide groups is 1. The Balaban J connectivity index is 2.55. The van der Waals surface area contributed by atoms with Gasteiger partial charge in [-0.2, -0.15) is 0 Å². The maximum Gasteiger partial charge on any atom is 0.331 e. The van der Waals surface area contributed by atoms with Crippen molar-refractivity contribution >= 4 is 35.6 Å². The maximum absolute atomic E-state index is 11.5. The van der Waals surface area contributed by atoms with Crippen LogP contribution in [-0.4, -0.2) is 24.0 Å². The Morgan fingerprint density at radius 2 is 2.10 bits per heavy atom. The Kier molecular flexibility index (Phi) is 5.74. The van der Waals surface area contributed by atoms with Gasteiger partial charge >= 0.3 is 12.0 Å². The molecule has 106 valence electrons. The molecule has 0 aliphatic heterocycles. The average Bonchev–Trinajstić information content (AvgIpc) is 2.35. The lowest BCUT2D eigenvalue weighted by Crippen LogP contribution is -2.42. The fraction of sp³-hybridized carbons (Fsp3) is 0.154. The maximum atomic E-state index is 11.5. The summed E-state index contributed by atoms with van der Waals surface area (Å²) in [6.45, 7) is 1.32. The van der Waals surface area contributed by atoms with E-state index in [2.05, 4.69) is 0 Å². The second-order valence-electron chi connectivity index (χ2n) is 3.82. The normalized spacial score (nSPS) is 11.9. The Morgan fingerprint density at radius 1 is 1.40 bits per heavy atom. The van der Waals surface area contributed by atoms with Gasteiger partial charge in [-0.25, -0.2) is 9.59 Å². The van der Waals surface area contributed by atoms with Crippen molar-refractivity contribution in [2.45, 2.75) is 13.0 Å². The molecule has 0 fully saturated rings. The van der Waals surface area contributed by atoms with Crippen LogP contribution in [0, 0.1) is 0 Å². The van der Waals surface area contributed by atoms with E-state index in [1.54, 1.807) is 24.3 Å². The van der Waals surface area contributed by atoms with Crippen molar-refractivity contribution in [3.05, 3.63) is 40.9 Å². The van der Waals surface area contributed by atoms with Crippen molar-refractivity contribution < 1.29 is 19.1 Å². The van der Waals surface area contributed by atoms with Crippen molar-refractivity contribution in [1.82, 2.24) is 5.32 Å². The summed E-state index contributed by atoms with van der Waals surface area (Å²) in [6.07, 6.45) is 1.52. The fourth-order valence-corrected chi connectivity index (χ4v) is 1.46. The number of halogens is 1. The summed E-state index contributed by atoms with van der Waals surface area (Å²) in [6, 6.07) is 5.84. The highest BCUT2D eigenvalue weighted by atomic mass is 35.5. The summed E-state index contributed by atoms with van der Waals surface area (Å²) in [5, 5.41) is 2.35. The van der Waals surface area contributed by atoms with Gasteiger partial charge in [0.2, 0.25) is 0 Å². The molecule has 0 radical (unpaired) electrons. The number of carbonyl (C=O) groups is 3. The SMILES string of the molecule is C[C@@H](OC(=O)/C=C/c1cccc(Cl)c1)C(=O)NC(N)=O. The van der Waals surface area contributed by atoms with Crippen LogP contribution in [0.2, 0.25) is 5.02 Å². The molecule has 0 bridgehead atoms. The molecule has 6 nitrogen and oxygen atoms in total. The second kappa shape index (κ2) is 7.30. The van der Waals surface area contributed by atoms with Gasteiger partial charge < -0.3 is 10.5 Å². The smallest absolute Gasteiger partial charge is 0.331 e. The molecule has 0 saturated carbocycles. The van der Waals surface area contributed by atoms with Crippen LogP contribution in [0.3, 0.4) is 0 Å². The van der Waals surface area contributed by atoms with E-state index in [4.69, 9.17) is 22.1 Å². The van der Waals surface area contributed by atoms with Gasteiger partial charge in [-0.15, -0.1) is 0 Å². The molecule has 20 heavy (non-hydrogen) atoms. The predicted octanol–water partition coefficient (Wildman–Crippen LogP) is 1.48. The summed E-state index contributed by atoms with van der Waals surface area (Å²) in [7, 11) is 0. The van der Waals surface area contributed by atoms with Gasteiger partial charge in [0.05, 0.1) is 0 Å². The number of urea groups is 1. The van der Waals surface area contributed by atoms with E-state index in [1.807, 2.05) is 5.32 Å². The largest absolute Gasteiger partial charge is 0.449 e. The van der Waals surface area contributed by atoms with Crippen LogP contribution in [0.15, 0.2) is 30.3 Å². The minimum Gasteiger partial charge on any atom is -0.449 e. The van der Waals surface area contributed by atoms with Crippen molar-refractivity contribution in [2.75, 3.05) is 0 Å². The molecule has 3 amide bonds. The lowest BCUT2D eigenvalue weighted by Gasteiger charge is -2.10. The number of hydrogen-bond acceptors (Lipinski definition) is 4. The van der Waals surface area contributed by atoms with Crippen molar-refractivity contribution in [3.8, 4) is 0 Å². The number of amides is 3. The molecule has 0 saturated heterocycles. The van der Waals surface area contributed by atoms with Gasteiger partial charge in [-0.3, -0.25) is 10.1 Å². The lowest BCUT2D eigenvalue weighted by atomic mass is 10.2. The Hall–Kier alpha value is -2.34. The zero-order valence-corrected chi connectivity index (χ0v) is 11.4. The van der Waals surface area contributed by atoms with Crippen LogP contribution in [0.1, 0.15) is 12.5 Å². The molecule has 1 rings (SSSR count). The van der Waals surface area contributed by atoms with E-state index in [0.717, 1.165) is 6.08 Å². The van der Waals surface area contributed by atoms with Crippen LogP contribution in [-0.2, 0) is 14.3 Å². The average molecular weight is 297 g/mol. The first-order chi connectivity index (χ1) is 9.38. The van der Waals surface area contributed by atoms with Crippen LogP contribution in [0.5, 0.6) is 0 Å². The summed E-state index contributed by atoms with van der Waals surface area (Å²) in [5.41, 5.74) is 5.48. The number of benzene rings is 1. The van der Waals surface area contributed by atoms with Crippen molar-refractivity contribution in [3.63, 3.8) is 0 Å². The van der Waals surface area contributed by atoms with E-state index in [0.29, 0.717) is 10.6 Å². The molecule has 0 unspecified atom stereocenters. The third-order valence-corrected chi connectivity index (χ3v) is 2.40. The quantitative estimate of drug-likeness (QED) is 0.649. The van der Waals surface area contributed by atoms with Crippen LogP contribution in [0.4, 0.5) is 4.79 Å². The van der Waals surface area contributed by atoms with Crippen LogP contribution in [0.25, 0.3) is 6.08 Å². The summed E-state index contributed by atoms with van der Waals surface area (Å²) in [4.78, 5) is 33.2. The van der Waals surface area contributed by atoms with E-state index in [1.165, 1.54) is 13.0 Å². The molecule has 0 heterocycles. The fourth-order valence-electron chi connectivity index (χ4n) is 1.26. The van der Waals surface area contributed by atoms with E-state index in [-0.39, 0.29) is 0 Å². The number of rotatable bonds is 4. The summed E-state index contributed by atoms with van der Waals surface area (Å²) >= 11 is 5.79. The molecule has 0 spiro atoms. The van der Waals surface area contributed by atoms with Crippen molar-refractivity contribution in [1.29, 1.82) is 0 Å². The minimum atomic E-state index is -1.13. The minimum absolute atomic E-state index is 0.537. The number of primary amides is 1. The topological polar surface area (TPSA) is 98.5 Å². The van der Waals surface area contributed by atoms with Crippen molar-refractivity contribution in [2.24, 2.45) is 5.73 Å². The monoisotopic (exact) mass is 296 g/mol. The van der Waals surface area contributed by atoms with Gasteiger partial charge in [0.25, 0.3) is 5.91 Å². The highest BCUT2D eigenvalue weighted by Crippen LogP contribution is 2.11. The lowest BCUT2D eigenvalue weighted by molar-refractivity contribution is -0.149. The van der Waals surface area contributed by atoms with Gasteiger partial charge in [0.1, 0.15) is 0 Å². The zero-order chi connectivity index (χ0) is 15.1. The first kappa shape index (κ1) is 15.7. The molecule has 1 aromatic carbocycles. The number of nitrogens with two attached hydrogens (primary N) is 1. The Labute approximate surface area is 120 Å². The van der Waals surface area contributed by atoms with Crippen LogP contribution >= 0.6 is 11.6 Å². The third kappa shape index (κ3) is 5.53. The zero-order valence-electron chi connectivity index (χ0n) is 10.6. The van der Waals surface area contributed by atoms with Gasteiger partial charge in [0, 0.05) is 11.1 Å². The van der Waals surface area contributed by atoms with Gasteiger partial charge in [-0.1, -0.05) is 23.7 Å². The highest BCUT2D eigenvalue weighted by molar-refractivity contribution is 6.30. The molecular formula is C13H13ClN2O4. The molecular weight excluding hydrogens is 284 g/mol. The molecule has 3 N–H and O–H groups in total. The van der Waals surface area contributed by atoms with E-state index in [9.17, 15) is 14.4 Å². The first-order valence-electron chi connectivity index (χ1n) is 5.63. The van der Waals surface area contributed by atoms with E-state index >= 15 is 0 Å². The molecule has 0 aliphatic rings. The van der Waals surface area contributed by atoms with Gasteiger partial charge in [0.15, 0.2) is 6.10 Å². The number of nitrogens with one attached hydrogen (secondary N) is 1. The molecule has 0 aromatic heterocycles. The molecule has 1 aromatic rings. The third-order valence-electron chi connectivity index (χ3n) is 2.17. The standard InChI is InChI=1S/C13H13ClN2O4/c1-8(12(18)16-13(15)19)20-11(17)6-5-9-3-2-4-10(14)7-9/h2-8H,1H3,(H3,15,16,18,19)/b6-5+/t8-/m1/s1. The number of esters is 1. The predicted molar refractivity (Wildman–Crippen MR) is 73.8 cm³/mol. The molecule has 0 aliphatic carbocycles. The second-order valence-corrected chi connectivity index (χ2v) is 4.26. The molecule has 1 atom stereocenters.